The lowest BCUT2D eigenvalue weighted by molar-refractivity contribution is 0.0726. The van der Waals surface area contributed by atoms with Crippen molar-refractivity contribution in [3.8, 4) is 0 Å². The molecule has 0 saturated carbocycles. The average molecular weight is 327 g/mol. The Morgan fingerprint density at radius 3 is 2.88 bits per heavy atom. The number of H-pyrrole nitrogens is 1. The lowest BCUT2D eigenvalue weighted by Gasteiger charge is -2.23. The Hall–Kier alpha value is -2.76. The Kier molecular flexibility index (Phi) is 3.52. The summed E-state index contributed by atoms with van der Waals surface area (Å²) in [6.45, 7) is 0.545. The maximum atomic E-state index is 13.9. The Morgan fingerprint density at radius 2 is 2.04 bits per heavy atom. The zero-order chi connectivity index (χ0) is 16.7. The molecule has 122 valence electrons. The number of likely N-dealkylation sites (tertiary alicyclic amines) is 1. The van der Waals surface area contributed by atoms with Crippen LogP contribution < -0.4 is 0 Å². The van der Waals surface area contributed by atoms with Gasteiger partial charge in [0, 0.05) is 6.54 Å². The van der Waals surface area contributed by atoms with E-state index in [1.807, 2.05) is 0 Å². The van der Waals surface area contributed by atoms with E-state index in [1.54, 1.807) is 23.1 Å². The lowest BCUT2D eigenvalue weighted by Crippen LogP contribution is -2.31. The van der Waals surface area contributed by atoms with Crippen molar-refractivity contribution in [3.05, 3.63) is 65.5 Å². The van der Waals surface area contributed by atoms with E-state index in [-0.39, 0.29) is 23.3 Å². The van der Waals surface area contributed by atoms with Crippen LogP contribution in [0.5, 0.6) is 0 Å². The first-order valence-electron chi connectivity index (χ1n) is 7.84. The maximum Gasteiger partial charge on any atom is 0.257 e. The highest BCUT2D eigenvalue weighted by Crippen LogP contribution is 2.33. The van der Waals surface area contributed by atoms with Crippen molar-refractivity contribution in [2.75, 3.05) is 6.54 Å². The molecule has 1 aliphatic heterocycles. The molecule has 3 aromatic rings. The molecule has 0 aliphatic carbocycles. The zero-order valence-corrected chi connectivity index (χ0v) is 12.8. The number of aromatic amines is 1. The molecule has 2 aromatic carbocycles. The monoisotopic (exact) mass is 327 g/mol. The van der Waals surface area contributed by atoms with E-state index in [4.69, 9.17) is 0 Å². The van der Waals surface area contributed by atoms with Crippen LogP contribution in [0.25, 0.3) is 11.0 Å². The fourth-order valence-corrected chi connectivity index (χ4v) is 3.24. The smallest absolute Gasteiger partial charge is 0.257 e. The van der Waals surface area contributed by atoms with Gasteiger partial charge in [0.2, 0.25) is 0 Å². The van der Waals surface area contributed by atoms with Crippen LogP contribution in [-0.4, -0.2) is 27.3 Å². The van der Waals surface area contributed by atoms with Crippen LogP contribution in [0.1, 0.15) is 35.1 Å². The van der Waals surface area contributed by atoms with Crippen LogP contribution in [0.2, 0.25) is 0 Å². The van der Waals surface area contributed by atoms with E-state index in [2.05, 4.69) is 9.97 Å². The van der Waals surface area contributed by atoms with Gasteiger partial charge in [-0.3, -0.25) is 4.79 Å². The number of amides is 1. The summed E-state index contributed by atoms with van der Waals surface area (Å²) >= 11 is 0. The van der Waals surface area contributed by atoms with Crippen molar-refractivity contribution in [3.63, 3.8) is 0 Å². The minimum absolute atomic E-state index is 0.0616. The first-order valence-corrected chi connectivity index (χ1v) is 7.84. The Balaban J connectivity index is 1.69. The fraction of sp³-hybridized carbons (Fsp3) is 0.222. The summed E-state index contributed by atoms with van der Waals surface area (Å²) in [6.07, 6.45) is 1.55. The van der Waals surface area contributed by atoms with Gasteiger partial charge in [0.05, 0.1) is 22.6 Å². The highest BCUT2D eigenvalue weighted by molar-refractivity contribution is 5.95. The van der Waals surface area contributed by atoms with Gasteiger partial charge in [0.1, 0.15) is 17.5 Å². The number of aromatic nitrogens is 2. The Labute approximate surface area is 137 Å². The topological polar surface area (TPSA) is 49.0 Å². The summed E-state index contributed by atoms with van der Waals surface area (Å²) in [7, 11) is 0. The molecule has 4 rings (SSSR count). The normalized spacial score (nSPS) is 17.6. The molecular formula is C18H15F2N3O. The van der Waals surface area contributed by atoms with E-state index in [1.165, 1.54) is 24.3 Å². The quantitative estimate of drug-likeness (QED) is 0.778. The van der Waals surface area contributed by atoms with E-state index in [9.17, 15) is 13.6 Å². The molecule has 0 radical (unpaired) electrons. The predicted molar refractivity (Wildman–Crippen MR) is 85.5 cm³/mol. The van der Waals surface area contributed by atoms with E-state index >= 15 is 0 Å². The molecule has 1 aliphatic rings. The summed E-state index contributed by atoms with van der Waals surface area (Å²) in [5.74, 6) is -0.608. The van der Waals surface area contributed by atoms with E-state index < -0.39 is 5.82 Å². The number of hydrogen-bond donors (Lipinski definition) is 1. The molecule has 1 amide bonds. The van der Waals surface area contributed by atoms with Crippen molar-refractivity contribution in [1.29, 1.82) is 0 Å². The molecule has 1 atom stereocenters. The van der Waals surface area contributed by atoms with Crippen LogP contribution in [-0.2, 0) is 0 Å². The lowest BCUT2D eigenvalue weighted by atomic mass is 10.1. The summed E-state index contributed by atoms with van der Waals surface area (Å²) in [5, 5.41) is 0. The number of nitrogens with one attached hydrogen (secondary N) is 1. The average Bonchev–Trinajstić information content (AvgIpc) is 3.20. The van der Waals surface area contributed by atoms with Gasteiger partial charge in [0.15, 0.2) is 0 Å². The number of benzene rings is 2. The molecular weight excluding hydrogens is 312 g/mol. The third-order valence-electron chi connectivity index (χ3n) is 4.40. The minimum Gasteiger partial charge on any atom is -0.340 e. The van der Waals surface area contributed by atoms with E-state index in [0.717, 1.165) is 12.8 Å². The molecule has 0 bridgehead atoms. The van der Waals surface area contributed by atoms with Gasteiger partial charge in [-0.05, 0) is 43.2 Å². The van der Waals surface area contributed by atoms with Crippen LogP contribution in [0.4, 0.5) is 8.78 Å². The number of carbonyl (C=O) groups excluding carboxylic acids is 1. The van der Waals surface area contributed by atoms with Crippen molar-refractivity contribution >= 4 is 16.9 Å². The summed E-state index contributed by atoms with van der Waals surface area (Å²) in [6, 6.07) is 10.0. The molecule has 1 aromatic heterocycles. The second-order valence-corrected chi connectivity index (χ2v) is 5.92. The van der Waals surface area contributed by atoms with Crippen LogP contribution in [0.3, 0.4) is 0 Å². The van der Waals surface area contributed by atoms with Gasteiger partial charge in [-0.15, -0.1) is 0 Å². The van der Waals surface area contributed by atoms with Crippen molar-refractivity contribution in [2.24, 2.45) is 0 Å². The molecule has 2 heterocycles. The first-order chi connectivity index (χ1) is 11.6. The molecule has 1 N–H and O–H groups in total. The molecule has 0 spiro atoms. The number of rotatable bonds is 2. The minimum atomic E-state index is -0.528. The molecule has 1 fully saturated rings. The Morgan fingerprint density at radius 1 is 1.21 bits per heavy atom. The van der Waals surface area contributed by atoms with Crippen molar-refractivity contribution < 1.29 is 13.6 Å². The van der Waals surface area contributed by atoms with Crippen molar-refractivity contribution in [1.82, 2.24) is 14.9 Å². The SMILES string of the molecule is O=C(c1ccccc1F)N1CCCC1c1nc2ccc(F)cc2[nH]1. The van der Waals surface area contributed by atoms with Gasteiger partial charge in [0.25, 0.3) is 5.91 Å². The molecule has 1 saturated heterocycles. The van der Waals surface area contributed by atoms with E-state index in [0.29, 0.717) is 23.4 Å². The standard InChI is InChI=1S/C18H15F2N3O/c19-11-7-8-14-15(10-11)22-17(21-14)16-6-3-9-23(16)18(24)12-4-1-2-5-13(12)20/h1-2,4-5,7-8,10,16H,3,6,9H2,(H,21,22). The molecule has 6 heteroatoms. The molecule has 24 heavy (non-hydrogen) atoms. The summed E-state index contributed by atoms with van der Waals surface area (Å²) in [5.41, 5.74) is 1.30. The number of imidazole rings is 1. The number of fused-ring (bicyclic) bond motifs is 1. The summed E-state index contributed by atoms with van der Waals surface area (Å²) in [4.78, 5) is 21.9. The predicted octanol–water partition coefficient (Wildman–Crippen LogP) is 3.82. The molecule has 1 unspecified atom stereocenters. The second-order valence-electron chi connectivity index (χ2n) is 5.92. The zero-order valence-electron chi connectivity index (χ0n) is 12.8. The van der Waals surface area contributed by atoms with Gasteiger partial charge < -0.3 is 9.88 Å². The third-order valence-corrected chi connectivity index (χ3v) is 4.40. The third kappa shape index (κ3) is 2.44. The van der Waals surface area contributed by atoms with Gasteiger partial charge in [-0.2, -0.15) is 0 Å². The fourth-order valence-electron chi connectivity index (χ4n) is 3.24. The highest BCUT2D eigenvalue weighted by atomic mass is 19.1. The largest absolute Gasteiger partial charge is 0.340 e. The van der Waals surface area contributed by atoms with Crippen LogP contribution in [0, 0.1) is 11.6 Å². The van der Waals surface area contributed by atoms with Gasteiger partial charge in [-0.25, -0.2) is 13.8 Å². The Bertz CT molecular complexity index is 922. The van der Waals surface area contributed by atoms with Crippen LogP contribution in [0.15, 0.2) is 42.5 Å². The van der Waals surface area contributed by atoms with Gasteiger partial charge in [-0.1, -0.05) is 12.1 Å². The van der Waals surface area contributed by atoms with Gasteiger partial charge >= 0.3 is 0 Å². The highest BCUT2D eigenvalue weighted by Gasteiger charge is 2.33. The first kappa shape index (κ1) is 14.8. The van der Waals surface area contributed by atoms with Crippen LogP contribution >= 0.6 is 0 Å². The second kappa shape index (κ2) is 5.70. The number of nitrogens with zero attached hydrogens (tertiary/aromatic N) is 2. The summed E-state index contributed by atoms with van der Waals surface area (Å²) < 4.78 is 27.3. The van der Waals surface area contributed by atoms with Crippen molar-refractivity contribution in [2.45, 2.75) is 18.9 Å². The number of halogens is 2. The number of hydrogen-bond acceptors (Lipinski definition) is 2. The number of carbonyl (C=O) groups is 1. The maximum absolute atomic E-state index is 13.9. The molecule has 4 nitrogen and oxygen atoms in total.